The number of halogens is 2. The molecule has 0 amide bonds. The first-order valence-corrected chi connectivity index (χ1v) is 6.94. The van der Waals surface area contributed by atoms with Gasteiger partial charge in [-0.2, -0.15) is 0 Å². The smallest absolute Gasteiger partial charge is 0.245 e. The van der Waals surface area contributed by atoms with Crippen molar-refractivity contribution in [3.8, 4) is 22.5 Å². The minimum absolute atomic E-state index is 0. The molecule has 4 rings (SSSR count). The number of anilines is 1. The monoisotopic (exact) mass is 359 g/mol. The van der Waals surface area contributed by atoms with E-state index in [0.717, 1.165) is 11.1 Å². The van der Waals surface area contributed by atoms with Crippen molar-refractivity contribution < 1.29 is 9.02 Å². The second kappa shape index (κ2) is 6.75. The first-order chi connectivity index (χ1) is 11.8. The van der Waals surface area contributed by atoms with Crippen LogP contribution in [0.1, 0.15) is 0 Å². The maximum absolute atomic E-state index is 13.2. The molecule has 0 bridgehead atoms. The van der Waals surface area contributed by atoms with Crippen molar-refractivity contribution in [1.82, 2.24) is 25.3 Å². The van der Waals surface area contributed by atoms with Gasteiger partial charge >= 0.3 is 0 Å². The molecule has 0 fully saturated rings. The Morgan fingerprint density at radius 1 is 0.960 bits per heavy atom. The third kappa shape index (κ3) is 2.97. The van der Waals surface area contributed by atoms with Crippen molar-refractivity contribution >= 4 is 29.5 Å². The van der Waals surface area contributed by atoms with E-state index in [0.29, 0.717) is 11.4 Å². The van der Waals surface area contributed by atoms with Gasteiger partial charge in [0.2, 0.25) is 11.3 Å². The van der Waals surface area contributed by atoms with Crippen LogP contribution in [0.15, 0.2) is 47.2 Å². The van der Waals surface area contributed by atoms with Crippen molar-refractivity contribution in [2.24, 2.45) is 5.84 Å². The Kier molecular flexibility index (Phi) is 4.50. The topological polar surface area (TPSA) is 116 Å². The van der Waals surface area contributed by atoms with Gasteiger partial charge in [0, 0.05) is 11.8 Å². The summed E-state index contributed by atoms with van der Waals surface area (Å²) in [5.41, 5.74) is 5.39. The quantitative estimate of drug-likeness (QED) is 0.423. The number of nitrogen functional groups attached to an aromatic ring is 1. The predicted molar refractivity (Wildman–Crippen MR) is 91.1 cm³/mol. The standard InChI is InChI=1S/C15H10FN7O.ClH/c16-9-5-3-8(4-6-9)10-2-1-7-18-11(10)12-13(21-17)20-15-14(19-12)22-24-23-15;/h1-7H,17H2,(H,20,21,23);1H. The summed E-state index contributed by atoms with van der Waals surface area (Å²) in [6.45, 7) is 0. The van der Waals surface area contributed by atoms with Gasteiger partial charge < -0.3 is 5.43 Å². The molecule has 0 spiro atoms. The minimum atomic E-state index is -0.316. The average Bonchev–Trinajstić information content (AvgIpc) is 3.08. The fourth-order valence-electron chi connectivity index (χ4n) is 2.36. The van der Waals surface area contributed by atoms with E-state index in [1.807, 2.05) is 6.07 Å². The first kappa shape index (κ1) is 16.7. The van der Waals surface area contributed by atoms with E-state index >= 15 is 0 Å². The zero-order chi connectivity index (χ0) is 16.5. The molecule has 10 heteroatoms. The normalized spacial score (nSPS) is 10.5. The number of hydrazine groups is 1. The third-order valence-corrected chi connectivity index (χ3v) is 3.44. The van der Waals surface area contributed by atoms with Gasteiger partial charge in [0.1, 0.15) is 17.2 Å². The van der Waals surface area contributed by atoms with Gasteiger partial charge in [0.15, 0.2) is 5.82 Å². The lowest BCUT2D eigenvalue weighted by molar-refractivity contribution is 0.314. The molecule has 0 aliphatic carbocycles. The number of fused-ring (bicyclic) bond motifs is 1. The van der Waals surface area contributed by atoms with E-state index in [2.05, 4.69) is 35.3 Å². The number of nitrogens with two attached hydrogens (primary N) is 1. The lowest BCUT2D eigenvalue weighted by atomic mass is 10.0. The highest BCUT2D eigenvalue weighted by atomic mass is 35.5. The van der Waals surface area contributed by atoms with Crippen LogP contribution in [-0.2, 0) is 0 Å². The highest BCUT2D eigenvalue weighted by molar-refractivity contribution is 5.86. The Hall–Kier alpha value is -3.17. The van der Waals surface area contributed by atoms with Gasteiger partial charge in [-0.1, -0.05) is 18.2 Å². The van der Waals surface area contributed by atoms with Gasteiger partial charge in [-0.3, -0.25) is 4.98 Å². The molecule has 126 valence electrons. The van der Waals surface area contributed by atoms with Gasteiger partial charge in [0.25, 0.3) is 0 Å². The Morgan fingerprint density at radius 3 is 2.40 bits per heavy atom. The van der Waals surface area contributed by atoms with Crippen molar-refractivity contribution in [2.45, 2.75) is 0 Å². The van der Waals surface area contributed by atoms with Crippen LogP contribution in [-0.4, -0.2) is 25.3 Å². The number of nitrogens with zero attached hydrogens (tertiary/aromatic N) is 5. The van der Waals surface area contributed by atoms with Gasteiger partial charge in [-0.05, 0) is 34.1 Å². The van der Waals surface area contributed by atoms with Crippen molar-refractivity contribution in [3.63, 3.8) is 0 Å². The highest BCUT2D eigenvalue weighted by Crippen LogP contribution is 2.32. The number of pyridine rings is 1. The molecule has 0 unspecified atom stereocenters. The fraction of sp³-hybridized carbons (Fsp3) is 0. The van der Waals surface area contributed by atoms with Gasteiger partial charge in [-0.15, -0.1) is 12.4 Å². The molecule has 8 nitrogen and oxygen atoms in total. The largest absolute Gasteiger partial charge is 0.307 e. The highest BCUT2D eigenvalue weighted by Gasteiger charge is 2.18. The van der Waals surface area contributed by atoms with Gasteiger partial charge in [-0.25, -0.2) is 24.8 Å². The maximum atomic E-state index is 13.2. The van der Waals surface area contributed by atoms with Crippen LogP contribution in [0, 0.1) is 5.82 Å². The SMILES string of the molecule is Cl.NNc1nc2nonc2nc1-c1ncccc1-c1ccc(F)cc1. The zero-order valence-corrected chi connectivity index (χ0v) is 13.4. The molecular weight excluding hydrogens is 349 g/mol. The Bertz CT molecular complexity index is 1020. The van der Waals surface area contributed by atoms with Crippen LogP contribution < -0.4 is 11.3 Å². The van der Waals surface area contributed by atoms with E-state index in [-0.39, 0.29) is 35.3 Å². The van der Waals surface area contributed by atoms with Crippen molar-refractivity contribution in [3.05, 3.63) is 48.4 Å². The van der Waals surface area contributed by atoms with E-state index < -0.39 is 0 Å². The minimum Gasteiger partial charge on any atom is -0.307 e. The molecule has 4 aromatic rings. The molecule has 3 aromatic heterocycles. The van der Waals surface area contributed by atoms with E-state index in [1.165, 1.54) is 12.1 Å². The van der Waals surface area contributed by atoms with Crippen molar-refractivity contribution in [2.75, 3.05) is 5.43 Å². The first-order valence-electron chi connectivity index (χ1n) is 6.94. The number of rotatable bonds is 3. The van der Waals surface area contributed by atoms with Crippen LogP contribution in [0.3, 0.4) is 0 Å². The van der Waals surface area contributed by atoms with Crippen LogP contribution in [0.4, 0.5) is 10.2 Å². The summed E-state index contributed by atoms with van der Waals surface area (Å²) in [5, 5.41) is 7.32. The summed E-state index contributed by atoms with van der Waals surface area (Å²) in [4.78, 5) is 13.0. The van der Waals surface area contributed by atoms with Crippen molar-refractivity contribution in [1.29, 1.82) is 0 Å². The summed E-state index contributed by atoms with van der Waals surface area (Å²) < 4.78 is 17.8. The second-order valence-electron chi connectivity index (χ2n) is 4.88. The lowest BCUT2D eigenvalue weighted by Gasteiger charge is -2.10. The summed E-state index contributed by atoms with van der Waals surface area (Å²) >= 11 is 0. The van der Waals surface area contributed by atoms with E-state index in [9.17, 15) is 4.39 Å². The second-order valence-corrected chi connectivity index (χ2v) is 4.88. The molecular formula is C15H11ClFN7O. The average molecular weight is 360 g/mol. The van der Waals surface area contributed by atoms with E-state index in [1.54, 1.807) is 24.4 Å². The lowest BCUT2D eigenvalue weighted by Crippen LogP contribution is -2.11. The molecule has 0 saturated carbocycles. The van der Waals surface area contributed by atoms with Crippen LogP contribution in [0.5, 0.6) is 0 Å². The summed E-state index contributed by atoms with van der Waals surface area (Å²) in [6, 6.07) is 9.71. The Balaban J connectivity index is 0.00000182. The third-order valence-electron chi connectivity index (χ3n) is 3.44. The van der Waals surface area contributed by atoms with Crippen LogP contribution in [0.25, 0.3) is 33.8 Å². The Labute approximate surface area is 146 Å². The van der Waals surface area contributed by atoms with Crippen LogP contribution >= 0.6 is 12.4 Å². The number of hydrogen-bond donors (Lipinski definition) is 2. The fourth-order valence-corrected chi connectivity index (χ4v) is 2.36. The van der Waals surface area contributed by atoms with Gasteiger partial charge in [0.05, 0.1) is 0 Å². The molecule has 3 N–H and O–H groups in total. The molecule has 3 heterocycles. The molecule has 0 radical (unpaired) electrons. The molecule has 1 aromatic carbocycles. The number of benzene rings is 1. The summed E-state index contributed by atoms with van der Waals surface area (Å²) in [5.74, 6) is 5.51. The van der Waals surface area contributed by atoms with Crippen LogP contribution in [0.2, 0.25) is 0 Å². The number of hydrogen-bond acceptors (Lipinski definition) is 8. The summed E-state index contributed by atoms with van der Waals surface area (Å²) in [6.07, 6.45) is 1.62. The predicted octanol–water partition coefficient (Wildman–Crippen LogP) is 2.59. The molecule has 0 atom stereocenters. The number of aromatic nitrogens is 5. The molecule has 0 aliphatic heterocycles. The molecule has 25 heavy (non-hydrogen) atoms. The zero-order valence-electron chi connectivity index (χ0n) is 12.5. The molecule has 0 aliphatic rings. The number of nitrogens with one attached hydrogen (secondary N) is 1. The maximum Gasteiger partial charge on any atom is 0.245 e. The van der Waals surface area contributed by atoms with E-state index in [4.69, 9.17) is 5.84 Å². The summed E-state index contributed by atoms with van der Waals surface area (Å²) in [7, 11) is 0. The Morgan fingerprint density at radius 2 is 1.68 bits per heavy atom. The molecule has 0 saturated heterocycles.